The lowest BCUT2D eigenvalue weighted by Gasteiger charge is -2.04. The summed E-state index contributed by atoms with van der Waals surface area (Å²) in [6.07, 6.45) is 0. The van der Waals surface area contributed by atoms with E-state index >= 15 is 0 Å². The minimum atomic E-state index is 0.701. The summed E-state index contributed by atoms with van der Waals surface area (Å²) >= 11 is 9.76. The summed E-state index contributed by atoms with van der Waals surface area (Å²) in [6, 6.07) is 12.1. The lowest BCUT2D eigenvalue weighted by atomic mass is 10.2. The molecule has 0 aliphatic rings. The van der Waals surface area contributed by atoms with Crippen molar-refractivity contribution in [3.05, 3.63) is 48.0 Å². The van der Waals surface area contributed by atoms with Crippen molar-refractivity contribution in [1.82, 2.24) is 19.8 Å². The van der Waals surface area contributed by atoms with Gasteiger partial charge in [0, 0.05) is 22.7 Å². The van der Waals surface area contributed by atoms with Crippen molar-refractivity contribution in [3.63, 3.8) is 0 Å². The van der Waals surface area contributed by atoms with Crippen LogP contribution in [0.3, 0.4) is 0 Å². The minimum absolute atomic E-state index is 0.701. The number of rotatable bonds is 3. The first kappa shape index (κ1) is 17.6. The fourth-order valence-electron chi connectivity index (χ4n) is 2.36. The Hall–Kier alpha value is -0.790. The molecule has 0 atom stereocenters. The van der Waals surface area contributed by atoms with Gasteiger partial charge in [-0.3, -0.25) is 0 Å². The van der Waals surface area contributed by atoms with Crippen LogP contribution in [-0.4, -0.2) is 26.9 Å². The summed E-state index contributed by atoms with van der Waals surface area (Å²) in [6.45, 7) is 0. The number of hydrogen-bond acceptors (Lipinski definition) is 5. The van der Waals surface area contributed by atoms with Crippen LogP contribution in [0.5, 0.6) is 5.75 Å². The largest absolute Gasteiger partial charge is 0.497 e. The summed E-state index contributed by atoms with van der Waals surface area (Å²) in [5.41, 5.74) is 2.03. The first-order valence-corrected chi connectivity index (χ1v) is 10.8. The molecule has 0 radical (unpaired) electrons. The number of ether oxygens (including phenoxy) is 1. The molecule has 2 heterocycles. The maximum atomic E-state index is 5.25. The topological polar surface area (TPSA) is 52.3 Å². The van der Waals surface area contributed by atoms with Crippen LogP contribution in [0.4, 0.5) is 0 Å². The molecule has 9 heteroatoms. The van der Waals surface area contributed by atoms with E-state index in [4.69, 9.17) is 9.84 Å². The van der Waals surface area contributed by atoms with E-state index in [0.29, 0.717) is 5.82 Å². The predicted octanol–water partition coefficient (Wildman–Crippen LogP) is 5.50. The van der Waals surface area contributed by atoms with E-state index in [2.05, 4.69) is 89.5 Å². The highest BCUT2D eigenvalue weighted by Gasteiger charge is 2.17. The standard InChI is InChI=1S/C16H9BrI2N4OS/c1-24-9-3-5-10(12(17)7-9)14-20-21-16-23(14)22-15(25-16)11-4-2-8(18)6-13(11)19/h2-7H,1H3. The average Bonchev–Trinajstić information content (AvgIpc) is 3.15. The van der Waals surface area contributed by atoms with Crippen LogP contribution >= 0.6 is 72.4 Å². The Bertz CT molecular complexity index is 1100. The Labute approximate surface area is 183 Å². The fraction of sp³-hybridized carbons (Fsp3) is 0.0625. The number of hydrogen-bond donors (Lipinski definition) is 0. The molecule has 0 saturated carbocycles. The number of aromatic nitrogens is 4. The summed E-state index contributed by atoms with van der Waals surface area (Å²) in [5, 5.41) is 14.3. The lowest BCUT2D eigenvalue weighted by molar-refractivity contribution is 0.414. The van der Waals surface area contributed by atoms with Gasteiger partial charge in [-0.25, -0.2) is 0 Å². The number of benzene rings is 2. The van der Waals surface area contributed by atoms with Gasteiger partial charge in [0.2, 0.25) is 4.96 Å². The van der Waals surface area contributed by atoms with Gasteiger partial charge in [-0.05, 0) is 97.5 Å². The third kappa shape index (κ3) is 3.30. The summed E-state index contributed by atoms with van der Waals surface area (Å²) in [5.74, 6) is 1.48. The van der Waals surface area contributed by atoms with Gasteiger partial charge in [0.25, 0.3) is 0 Å². The molecule has 0 fully saturated rings. The number of fused-ring (bicyclic) bond motifs is 1. The van der Waals surface area contributed by atoms with Crippen LogP contribution in [0.2, 0.25) is 0 Å². The number of nitrogens with zero attached hydrogens (tertiary/aromatic N) is 4. The second kappa shape index (κ2) is 7.08. The van der Waals surface area contributed by atoms with Gasteiger partial charge in [-0.2, -0.15) is 9.61 Å². The Balaban J connectivity index is 1.84. The zero-order valence-corrected chi connectivity index (χ0v) is 19.4. The molecule has 0 N–H and O–H groups in total. The maximum absolute atomic E-state index is 5.25. The minimum Gasteiger partial charge on any atom is -0.497 e. The van der Waals surface area contributed by atoms with Gasteiger partial charge in [0.15, 0.2) is 5.82 Å². The molecule has 2 aromatic heterocycles. The van der Waals surface area contributed by atoms with Gasteiger partial charge < -0.3 is 4.74 Å². The second-order valence-electron chi connectivity index (χ2n) is 5.10. The summed E-state index contributed by atoms with van der Waals surface area (Å²) in [4.78, 5) is 0.766. The van der Waals surface area contributed by atoms with Crippen molar-refractivity contribution in [1.29, 1.82) is 0 Å². The number of halogens is 3. The molecule has 4 rings (SSSR count). The van der Waals surface area contributed by atoms with E-state index < -0.39 is 0 Å². The third-order valence-electron chi connectivity index (χ3n) is 3.57. The van der Waals surface area contributed by atoms with Gasteiger partial charge in [0.05, 0.1) is 7.11 Å². The summed E-state index contributed by atoms with van der Waals surface area (Å²) < 4.78 is 10.3. The first-order valence-electron chi connectivity index (χ1n) is 7.08. The van der Waals surface area contributed by atoms with Crippen molar-refractivity contribution in [2.24, 2.45) is 0 Å². The molecule has 0 saturated heterocycles. The molecule has 25 heavy (non-hydrogen) atoms. The average molecular weight is 639 g/mol. The van der Waals surface area contributed by atoms with Crippen LogP contribution in [0.15, 0.2) is 40.9 Å². The van der Waals surface area contributed by atoms with Crippen molar-refractivity contribution in [2.45, 2.75) is 0 Å². The Morgan fingerprint density at radius 2 is 1.88 bits per heavy atom. The molecule has 0 aliphatic carbocycles. The van der Waals surface area contributed by atoms with E-state index in [-0.39, 0.29) is 0 Å². The monoisotopic (exact) mass is 638 g/mol. The van der Waals surface area contributed by atoms with Gasteiger partial charge in [-0.15, -0.1) is 10.2 Å². The van der Waals surface area contributed by atoms with E-state index in [0.717, 1.165) is 31.3 Å². The highest BCUT2D eigenvalue weighted by Crippen LogP contribution is 2.34. The molecular weight excluding hydrogens is 630 g/mol. The van der Waals surface area contributed by atoms with Gasteiger partial charge in [0.1, 0.15) is 10.8 Å². The Morgan fingerprint density at radius 3 is 2.60 bits per heavy atom. The first-order chi connectivity index (χ1) is 12.1. The third-order valence-corrected chi connectivity index (χ3v) is 6.72. The van der Waals surface area contributed by atoms with E-state index in [1.54, 1.807) is 11.6 Å². The van der Waals surface area contributed by atoms with Crippen molar-refractivity contribution < 1.29 is 4.74 Å². The van der Waals surface area contributed by atoms with Crippen LogP contribution in [-0.2, 0) is 0 Å². The molecule has 0 spiro atoms. The predicted molar refractivity (Wildman–Crippen MR) is 119 cm³/mol. The van der Waals surface area contributed by atoms with Crippen LogP contribution in [0.1, 0.15) is 0 Å². The Kier molecular flexibility index (Phi) is 4.99. The molecule has 5 nitrogen and oxygen atoms in total. The van der Waals surface area contributed by atoms with Gasteiger partial charge in [-0.1, -0.05) is 11.3 Å². The zero-order valence-electron chi connectivity index (χ0n) is 12.7. The molecule has 2 aromatic carbocycles. The van der Waals surface area contributed by atoms with E-state index in [9.17, 15) is 0 Å². The highest BCUT2D eigenvalue weighted by molar-refractivity contribution is 14.1. The molecular formula is C16H9BrI2N4OS. The lowest BCUT2D eigenvalue weighted by Crippen LogP contribution is -1.93. The molecule has 0 unspecified atom stereocenters. The van der Waals surface area contributed by atoms with Crippen LogP contribution in [0.25, 0.3) is 26.9 Å². The number of methoxy groups -OCH3 is 1. The maximum Gasteiger partial charge on any atom is 0.235 e. The highest BCUT2D eigenvalue weighted by atomic mass is 127. The smallest absolute Gasteiger partial charge is 0.235 e. The SMILES string of the molecule is COc1ccc(-c2nnc3sc(-c4ccc(I)cc4I)nn23)c(Br)c1. The second-order valence-corrected chi connectivity index (χ2v) is 9.31. The van der Waals surface area contributed by atoms with Crippen molar-refractivity contribution in [2.75, 3.05) is 7.11 Å². The Morgan fingerprint density at radius 1 is 1.08 bits per heavy atom. The molecule has 4 aromatic rings. The molecule has 126 valence electrons. The van der Waals surface area contributed by atoms with E-state index in [1.807, 2.05) is 18.2 Å². The molecule has 0 bridgehead atoms. The van der Waals surface area contributed by atoms with Crippen molar-refractivity contribution in [3.8, 4) is 27.7 Å². The zero-order chi connectivity index (χ0) is 17.6. The summed E-state index contributed by atoms with van der Waals surface area (Å²) in [7, 11) is 1.64. The van der Waals surface area contributed by atoms with Crippen molar-refractivity contribution >= 4 is 77.4 Å². The van der Waals surface area contributed by atoms with E-state index in [1.165, 1.54) is 18.5 Å². The quantitative estimate of drug-likeness (QED) is 0.278. The van der Waals surface area contributed by atoms with Crippen LogP contribution < -0.4 is 4.74 Å². The molecule has 0 aliphatic heterocycles. The molecule has 0 amide bonds. The fourth-order valence-corrected chi connectivity index (χ4v) is 5.82. The van der Waals surface area contributed by atoms with Gasteiger partial charge >= 0.3 is 0 Å². The normalized spacial score (nSPS) is 11.2. The van der Waals surface area contributed by atoms with Crippen LogP contribution in [0, 0.1) is 7.14 Å².